The minimum absolute atomic E-state index is 0.327. The topological polar surface area (TPSA) is 54.3 Å². The summed E-state index contributed by atoms with van der Waals surface area (Å²) in [5, 5.41) is 12.6. The van der Waals surface area contributed by atoms with Crippen LogP contribution in [0.15, 0.2) is 16.6 Å². The van der Waals surface area contributed by atoms with Crippen molar-refractivity contribution in [3.8, 4) is 17.6 Å². The second-order valence-electron chi connectivity index (χ2n) is 4.23. The highest BCUT2D eigenvalue weighted by Gasteiger charge is 2.27. The Morgan fingerprint density at radius 3 is 2.44 bits per heavy atom. The Morgan fingerprint density at radius 2 is 1.94 bits per heavy atom. The summed E-state index contributed by atoms with van der Waals surface area (Å²) >= 11 is 3.48. The van der Waals surface area contributed by atoms with E-state index in [1.807, 2.05) is 12.1 Å². The number of nitrogens with zero attached hydrogens (tertiary/aromatic N) is 1. The molecule has 0 bridgehead atoms. The van der Waals surface area contributed by atoms with E-state index in [1.165, 1.54) is 0 Å². The summed E-state index contributed by atoms with van der Waals surface area (Å²) in [6.07, 6.45) is 2.28. The molecule has 18 heavy (non-hydrogen) atoms. The van der Waals surface area contributed by atoms with Gasteiger partial charge in [-0.25, -0.2) is 0 Å². The lowest BCUT2D eigenvalue weighted by Crippen LogP contribution is -2.22. The van der Waals surface area contributed by atoms with Crippen molar-refractivity contribution in [3.05, 3.63) is 22.2 Å². The highest BCUT2D eigenvalue weighted by atomic mass is 79.9. The van der Waals surface area contributed by atoms with Gasteiger partial charge in [-0.2, -0.15) is 5.26 Å². The molecule has 1 fully saturated rings. The maximum Gasteiger partial charge on any atom is 0.161 e. The van der Waals surface area contributed by atoms with Crippen molar-refractivity contribution < 1.29 is 9.47 Å². The van der Waals surface area contributed by atoms with Gasteiger partial charge in [0, 0.05) is 16.1 Å². The number of hydrogen-bond donors (Lipinski definition) is 1. The molecule has 2 rings (SSSR count). The summed E-state index contributed by atoms with van der Waals surface area (Å²) in [6, 6.07) is 6.09. The lowest BCUT2D eigenvalue weighted by Gasteiger charge is -2.16. The number of methoxy groups -OCH3 is 2. The maximum atomic E-state index is 9.27. The molecule has 0 aliphatic heterocycles. The van der Waals surface area contributed by atoms with E-state index >= 15 is 0 Å². The first kappa shape index (κ1) is 13.2. The van der Waals surface area contributed by atoms with E-state index in [9.17, 15) is 5.26 Å². The molecule has 0 heterocycles. The summed E-state index contributed by atoms with van der Waals surface area (Å²) in [5.41, 5.74) is 0.877. The fraction of sp³-hybridized carbons (Fsp3) is 0.462. The predicted octanol–water partition coefficient (Wildman–Crippen LogP) is 2.78. The number of nitriles is 1. The van der Waals surface area contributed by atoms with Gasteiger partial charge in [0.05, 0.1) is 20.3 Å². The SMILES string of the molecule is COc1cc(Br)c(C(C#N)NC2CC2)cc1OC. The van der Waals surface area contributed by atoms with Crippen molar-refractivity contribution in [2.45, 2.75) is 24.9 Å². The van der Waals surface area contributed by atoms with Crippen molar-refractivity contribution in [1.82, 2.24) is 5.32 Å². The van der Waals surface area contributed by atoms with Gasteiger partial charge in [-0.05, 0) is 25.0 Å². The normalized spacial score (nSPS) is 15.9. The van der Waals surface area contributed by atoms with Gasteiger partial charge in [0.1, 0.15) is 6.04 Å². The first-order valence-corrected chi connectivity index (χ1v) is 6.56. The summed E-state index contributed by atoms with van der Waals surface area (Å²) in [7, 11) is 3.18. The first-order chi connectivity index (χ1) is 8.69. The fourth-order valence-electron chi connectivity index (χ4n) is 1.77. The van der Waals surface area contributed by atoms with Crippen LogP contribution in [0.2, 0.25) is 0 Å². The summed E-state index contributed by atoms with van der Waals surface area (Å²) < 4.78 is 11.3. The molecule has 0 aromatic heterocycles. The lowest BCUT2D eigenvalue weighted by molar-refractivity contribution is 0.354. The molecular formula is C13H15BrN2O2. The molecule has 0 spiro atoms. The first-order valence-electron chi connectivity index (χ1n) is 5.76. The van der Waals surface area contributed by atoms with Crippen LogP contribution in [0.4, 0.5) is 0 Å². The van der Waals surface area contributed by atoms with Crippen molar-refractivity contribution in [1.29, 1.82) is 5.26 Å². The van der Waals surface area contributed by atoms with E-state index in [-0.39, 0.29) is 6.04 Å². The number of rotatable bonds is 5. The van der Waals surface area contributed by atoms with E-state index in [1.54, 1.807) is 14.2 Å². The van der Waals surface area contributed by atoms with Crippen molar-refractivity contribution in [2.24, 2.45) is 0 Å². The third-order valence-electron chi connectivity index (χ3n) is 2.92. The molecular weight excluding hydrogens is 296 g/mol. The minimum Gasteiger partial charge on any atom is -0.493 e. The van der Waals surface area contributed by atoms with Gasteiger partial charge >= 0.3 is 0 Å². The zero-order valence-electron chi connectivity index (χ0n) is 10.4. The van der Waals surface area contributed by atoms with E-state index in [2.05, 4.69) is 27.3 Å². The lowest BCUT2D eigenvalue weighted by atomic mass is 10.1. The van der Waals surface area contributed by atoms with Crippen molar-refractivity contribution in [2.75, 3.05) is 14.2 Å². The van der Waals surface area contributed by atoms with E-state index < -0.39 is 0 Å². The third kappa shape index (κ3) is 2.77. The van der Waals surface area contributed by atoms with Crippen LogP contribution in [0, 0.1) is 11.3 Å². The Bertz CT molecular complexity index is 481. The Hall–Kier alpha value is -1.25. The summed E-state index contributed by atoms with van der Waals surface area (Å²) in [5.74, 6) is 1.28. The second-order valence-corrected chi connectivity index (χ2v) is 5.09. The maximum absolute atomic E-state index is 9.27. The molecule has 0 radical (unpaired) electrons. The number of halogens is 1. The van der Waals surface area contributed by atoms with Crippen LogP contribution in [-0.2, 0) is 0 Å². The molecule has 1 aliphatic rings. The molecule has 1 atom stereocenters. The van der Waals surface area contributed by atoms with Crippen LogP contribution in [0.5, 0.6) is 11.5 Å². The Labute approximate surface area is 115 Å². The molecule has 1 aromatic carbocycles. The van der Waals surface area contributed by atoms with E-state index in [4.69, 9.17) is 9.47 Å². The van der Waals surface area contributed by atoms with E-state index in [0.717, 1.165) is 22.9 Å². The molecule has 4 nitrogen and oxygen atoms in total. The van der Waals surface area contributed by atoms with Gasteiger partial charge in [0.2, 0.25) is 0 Å². The van der Waals surface area contributed by atoms with Crippen molar-refractivity contribution >= 4 is 15.9 Å². The van der Waals surface area contributed by atoms with Crippen LogP contribution >= 0.6 is 15.9 Å². The van der Waals surface area contributed by atoms with Crippen LogP contribution in [0.3, 0.4) is 0 Å². The van der Waals surface area contributed by atoms with Gasteiger partial charge in [0.15, 0.2) is 11.5 Å². The molecule has 96 valence electrons. The van der Waals surface area contributed by atoms with Crippen LogP contribution in [-0.4, -0.2) is 20.3 Å². The zero-order chi connectivity index (χ0) is 13.1. The van der Waals surface area contributed by atoms with E-state index in [0.29, 0.717) is 17.5 Å². The number of nitrogens with one attached hydrogen (secondary N) is 1. The number of benzene rings is 1. The zero-order valence-corrected chi connectivity index (χ0v) is 12.0. The van der Waals surface area contributed by atoms with Gasteiger partial charge in [-0.3, -0.25) is 5.32 Å². The van der Waals surface area contributed by atoms with Gasteiger partial charge < -0.3 is 9.47 Å². The van der Waals surface area contributed by atoms with Gasteiger partial charge in [0.25, 0.3) is 0 Å². The molecule has 0 amide bonds. The smallest absolute Gasteiger partial charge is 0.161 e. The average molecular weight is 311 g/mol. The minimum atomic E-state index is -0.327. The summed E-state index contributed by atoms with van der Waals surface area (Å²) in [4.78, 5) is 0. The van der Waals surface area contributed by atoms with Crippen LogP contribution in [0.25, 0.3) is 0 Å². The average Bonchev–Trinajstić information content (AvgIpc) is 3.19. The Kier molecular flexibility index (Phi) is 4.10. The largest absolute Gasteiger partial charge is 0.493 e. The number of hydrogen-bond acceptors (Lipinski definition) is 4. The molecule has 1 saturated carbocycles. The highest BCUT2D eigenvalue weighted by molar-refractivity contribution is 9.10. The molecule has 1 aliphatic carbocycles. The quantitative estimate of drug-likeness (QED) is 0.908. The standard InChI is InChI=1S/C13H15BrN2O2/c1-17-12-5-9(10(14)6-13(12)18-2)11(7-15)16-8-3-4-8/h5-6,8,11,16H,3-4H2,1-2H3. The van der Waals surface area contributed by atoms with Crippen LogP contribution < -0.4 is 14.8 Å². The highest BCUT2D eigenvalue weighted by Crippen LogP contribution is 2.36. The second kappa shape index (κ2) is 5.59. The van der Waals surface area contributed by atoms with Gasteiger partial charge in [-0.15, -0.1) is 0 Å². The Morgan fingerprint density at radius 1 is 1.33 bits per heavy atom. The Balaban J connectivity index is 2.33. The fourth-order valence-corrected chi connectivity index (χ4v) is 2.32. The molecule has 1 aromatic rings. The molecule has 1 unspecified atom stereocenters. The predicted molar refractivity (Wildman–Crippen MR) is 71.8 cm³/mol. The van der Waals surface area contributed by atoms with Crippen molar-refractivity contribution in [3.63, 3.8) is 0 Å². The molecule has 0 saturated heterocycles. The molecule has 5 heteroatoms. The monoisotopic (exact) mass is 310 g/mol. The molecule has 1 N–H and O–H groups in total. The summed E-state index contributed by atoms with van der Waals surface area (Å²) in [6.45, 7) is 0. The van der Waals surface area contributed by atoms with Crippen LogP contribution in [0.1, 0.15) is 24.4 Å². The third-order valence-corrected chi connectivity index (χ3v) is 3.61. The van der Waals surface area contributed by atoms with Gasteiger partial charge in [-0.1, -0.05) is 15.9 Å². The number of ether oxygens (including phenoxy) is 2.